The fraction of sp³-hybridized carbons (Fsp3) is 0.917. The summed E-state index contributed by atoms with van der Waals surface area (Å²) in [6.45, 7) is 0. The lowest BCUT2D eigenvalue weighted by molar-refractivity contribution is -0.309. The molecule has 2 nitrogen and oxygen atoms in total. The molecule has 0 saturated heterocycles. The molecule has 0 aromatic rings. The lowest BCUT2D eigenvalue weighted by Crippen LogP contribution is -2.54. The average Bonchev–Trinajstić information content (AvgIpc) is 1.94. The van der Waals surface area contributed by atoms with Crippen LogP contribution < -0.4 is 5.11 Å². The summed E-state index contributed by atoms with van der Waals surface area (Å²) in [4.78, 5) is 10.9. The Hall–Kier alpha value is -0.180. The van der Waals surface area contributed by atoms with Gasteiger partial charge in [0, 0.05) is 10.7 Å². The topological polar surface area (TPSA) is 40.1 Å². The summed E-state index contributed by atoms with van der Waals surface area (Å²) in [7, 11) is 0. The third kappa shape index (κ3) is 1.59. The van der Waals surface area contributed by atoms with Gasteiger partial charge in [0.1, 0.15) is 0 Å². The summed E-state index contributed by atoms with van der Waals surface area (Å²) >= 11 is 4.81. The molecule has 0 unspecified atom stereocenters. The molecule has 4 saturated carbocycles. The molecular formula is C12H17O2S-. The van der Waals surface area contributed by atoms with Crippen molar-refractivity contribution in [2.45, 2.75) is 49.7 Å². The van der Waals surface area contributed by atoms with Gasteiger partial charge in [0.15, 0.2) is 0 Å². The summed E-state index contributed by atoms with van der Waals surface area (Å²) in [6, 6.07) is 0. The van der Waals surface area contributed by atoms with E-state index in [-0.39, 0.29) is 16.6 Å². The van der Waals surface area contributed by atoms with E-state index < -0.39 is 5.97 Å². The fourth-order valence-corrected chi connectivity index (χ4v) is 5.77. The average molecular weight is 225 g/mol. The van der Waals surface area contributed by atoms with E-state index in [9.17, 15) is 9.90 Å². The first-order valence-electron chi connectivity index (χ1n) is 5.91. The number of carbonyl (C=O) groups excluding carboxylic acids is 1. The van der Waals surface area contributed by atoms with Crippen LogP contribution in [0.4, 0.5) is 0 Å². The van der Waals surface area contributed by atoms with Crippen molar-refractivity contribution in [2.75, 3.05) is 0 Å². The Morgan fingerprint density at radius 2 is 1.87 bits per heavy atom. The number of hydrogen-bond donors (Lipinski definition) is 1. The molecule has 4 fully saturated rings. The summed E-state index contributed by atoms with van der Waals surface area (Å²) in [5.41, 5.74) is 0.0463. The third-order valence-corrected chi connectivity index (χ3v) is 5.19. The minimum Gasteiger partial charge on any atom is -0.550 e. The van der Waals surface area contributed by atoms with Crippen molar-refractivity contribution in [3.8, 4) is 0 Å². The highest BCUT2D eigenvalue weighted by atomic mass is 32.1. The number of aliphatic carboxylic acids is 1. The van der Waals surface area contributed by atoms with Crippen LogP contribution >= 0.6 is 12.6 Å². The molecule has 0 aromatic heterocycles. The van der Waals surface area contributed by atoms with E-state index in [1.807, 2.05) is 0 Å². The van der Waals surface area contributed by atoms with Gasteiger partial charge < -0.3 is 9.90 Å². The van der Waals surface area contributed by atoms with Crippen LogP contribution in [0.5, 0.6) is 0 Å². The highest BCUT2D eigenvalue weighted by molar-refractivity contribution is 7.81. The highest BCUT2D eigenvalue weighted by Gasteiger charge is 2.56. The molecule has 0 radical (unpaired) electrons. The molecular weight excluding hydrogens is 208 g/mol. The minimum atomic E-state index is -0.867. The zero-order chi connectivity index (χ0) is 10.7. The largest absolute Gasteiger partial charge is 0.550 e. The monoisotopic (exact) mass is 225 g/mol. The van der Waals surface area contributed by atoms with Crippen LogP contribution in [0, 0.1) is 17.3 Å². The van der Waals surface area contributed by atoms with Gasteiger partial charge in [0.2, 0.25) is 0 Å². The van der Waals surface area contributed by atoms with E-state index in [4.69, 9.17) is 12.6 Å². The van der Waals surface area contributed by atoms with Crippen LogP contribution in [0.1, 0.15) is 44.9 Å². The molecule has 0 heterocycles. The molecule has 84 valence electrons. The first-order valence-corrected chi connectivity index (χ1v) is 6.36. The van der Waals surface area contributed by atoms with E-state index in [1.165, 1.54) is 19.3 Å². The Balaban J connectivity index is 1.89. The summed E-state index contributed by atoms with van der Waals surface area (Å²) in [5.74, 6) is 0.611. The van der Waals surface area contributed by atoms with Crippen LogP contribution in [0.2, 0.25) is 0 Å². The maximum Gasteiger partial charge on any atom is 0.0419 e. The summed E-state index contributed by atoms with van der Waals surface area (Å²) < 4.78 is 0.152. The Morgan fingerprint density at radius 3 is 2.33 bits per heavy atom. The zero-order valence-corrected chi connectivity index (χ0v) is 9.76. The van der Waals surface area contributed by atoms with Crippen LogP contribution in [0.25, 0.3) is 0 Å². The molecule has 2 atom stereocenters. The van der Waals surface area contributed by atoms with Crippen LogP contribution in [-0.2, 0) is 4.79 Å². The Bertz CT molecular complexity index is 299. The maximum atomic E-state index is 10.9. The molecule has 0 N–H and O–H groups in total. The number of hydrogen-bond acceptors (Lipinski definition) is 3. The van der Waals surface area contributed by atoms with Gasteiger partial charge in [0.05, 0.1) is 0 Å². The van der Waals surface area contributed by atoms with E-state index >= 15 is 0 Å². The zero-order valence-electron chi connectivity index (χ0n) is 8.87. The quantitative estimate of drug-likeness (QED) is 0.722. The highest BCUT2D eigenvalue weighted by Crippen LogP contribution is 2.64. The molecule has 0 amide bonds. The number of carboxylic acid groups (broad SMARTS) is 1. The first-order chi connectivity index (χ1) is 6.99. The second-order valence-electron chi connectivity index (χ2n) is 6.23. The van der Waals surface area contributed by atoms with Crippen LogP contribution in [0.15, 0.2) is 0 Å². The van der Waals surface area contributed by atoms with Gasteiger partial charge in [-0.2, -0.15) is 12.6 Å². The van der Waals surface area contributed by atoms with Crippen molar-refractivity contribution < 1.29 is 9.90 Å². The minimum absolute atomic E-state index is 0.0463. The van der Waals surface area contributed by atoms with Gasteiger partial charge in [-0.3, -0.25) is 0 Å². The van der Waals surface area contributed by atoms with E-state index in [1.54, 1.807) is 0 Å². The van der Waals surface area contributed by atoms with Crippen molar-refractivity contribution in [1.82, 2.24) is 0 Å². The van der Waals surface area contributed by atoms with E-state index in [0.717, 1.165) is 31.1 Å². The first kappa shape index (κ1) is 10.0. The van der Waals surface area contributed by atoms with Crippen LogP contribution in [-0.4, -0.2) is 10.7 Å². The molecule has 4 aliphatic rings. The van der Waals surface area contributed by atoms with Gasteiger partial charge in [-0.05, 0) is 62.2 Å². The summed E-state index contributed by atoms with van der Waals surface area (Å²) in [5, 5.41) is 10.9. The van der Waals surface area contributed by atoms with Crippen molar-refractivity contribution in [1.29, 1.82) is 0 Å². The predicted octanol–water partition coefficient (Wildman–Crippen LogP) is 1.40. The molecule has 4 rings (SSSR count). The van der Waals surface area contributed by atoms with Crippen molar-refractivity contribution in [3.05, 3.63) is 0 Å². The standard InChI is InChI=1S/C12H18O2S/c13-10(14)6-11-2-8-1-9(3-11)5-12(15,4-8)7-11/h8-9,15H,1-7H2,(H,13,14)/p-1/t8-,9-,11?,12?/m1/s1. The van der Waals surface area contributed by atoms with Gasteiger partial charge in [-0.1, -0.05) is 0 Å². The number of thiol groups is 1. The molecule has 3 heteroatoms. The smallest absolute Gasteiger partial charge is 0.0419 e. The molecule has 0 aromatic carbocycles. The molecule has 4 bridgehead atoms. The van der Waals surface area contributed by atoms with Gasteiger partial charge in [0.25, 0.3) is 0 Å². The number of carboxylic acids is 1. The fourth-order valence-electron chi connectivity index (χ4n) is 4.91. The maximum absolute atomic E-state index is 10.9. The Labute approximate surface area is 95.8 Å². The van der Waals surface area contributed by atoms with Crippen molar-refractivity contribution in [2.24, 2.45) is 17.3 Å². The molecule has 0 spiro atoms. The molecule has 4 aliphatic carbocycles. The number of rotatable bonds is 2. The second kappa shape index (κ2) is 2.93. The molecule has 0 aliphatic heterocycles. The predicted molar refractivity (Wildman–Crippen MR) is 58.5 cm³/mol. The Kier molecular flexibility index (Phi) is 1.96. The third-order valence-electron chi connectivity index (χ3n) is 4.67. The second-order valence-corrected chi connectivity index (χ2v) is 7.18. The van der Waals surface area contributed by atoms with Gasteiger partial charge >= 0.3 is 0 Å². The normalized spacial score (nSPS) is 52.1. The van der Waals surface area contributed by atoms with Crippen molar-refractivity contribution >= 4 is 18.6 Å². The summed E-state index contributed by atoms with van der Waals surface area (Å²) in [6.07, 6.45) is 7.23. The lowest BCUT2D eigenvalue weighted by atomic mass is 9.48. The van der Waals surface area contributed by atoms with E-state index in [2.05, 4.69) is 0 Å². The Morgan fingerprint density at radius 1 is 1.27 bits per heavy atom. The molecule has 15 heavy (non-hydrogen) atoms. The lowest BCUT2D eigenvalue weighted by Gasteiger charge is -2.61. The number of carbonyl (C=O) groups is 1. The van der Waals surface area contributed by atoms with Crippen LogP contribution in [0.3, 0.4) is 0 Å². The SMILES string of the molecule is O=C([O-])CC12C[C@H]3C[C@@H](CC(S)(C3)C1)C2. The van der Waals surface area contributed by atoms with Crippen molar-refractivity contribution in [3.63, 3.8) is 0 Å². The van der Waals surface area contributed by atoms with E-state index in [0.29, 0.717) is 0 Å². The van der Waals surface area contributed by atoms with Gasteiger partial charge in [-0.15, -0.1) is 0 Å². The van der Waals surface area contributed by atoms with Gasteiger partial charge in [-0.25, -0.2) is 0 Å².